The van der Waals surface area contributed by atoms with Gasteiger partial charge in [-0.05, 0) is 42.7 Å². The third-order valence-corrected chi connectivity index (χ3v) is 5.14. The molecule has 0 unspecified atom stereocenters. The highest BCUT2D eigenvalue weighted by Crippen LogP contribution is 2.23. The first kappa shape index (κ1) is 16.2. The summed E-state index contributed by atoms with van der Waals surface area (Å²) in [5, 5.41) is 3.60. The van der Waals surface area contributed by atoms with Gasteiger partial charge >= 0.3 is 0 Å². The number of aryl methyl sites for hydroxylation is 2. The lowest BCUT2D eigenvalue weighted by atomic mass is 10.1. The first-order chi connectivity index (χ1) is 12.2. The zero-order chi connectivity index (χ0) is 17.2. The molecule has 0 radical (unpaired) electrons. The van der Waals surface area contributed by atoms with E-state index in [1.807, 2.05) is 42.5 Å². The summed E-state index contributed by atoms with van der Waals surface area (Å²) >= 11 is 6.14. The minimum atomic E-state index is -0.106. The van der Waals surface area contributed by atoms with Crippen LogP contribution in [0.2, 0.25) is 5.02 Å². The number of rotatable bonds is 3. The number of imidazole rings is 1. The first-order valence-electron chi connectivity index (χ1n) is 8.73. The van der Waals surface area contributed by atoms with E-state index < -0.39 is 0 Å². The minimum absolute atomic E-state index is 0.106. The number of nitrogens with one attached hydrogen (secondary N) is 1. The molecular weight excluding hydrogens is 334 g/mol. The predicted octanol–water partition coefficient (Wildman–Crippen LogP) is 4.35. The third-order valence-electron chi connectivity index (χ3n) is 4.77. The van der Waals surface area contributed by atoms with Crippen molar-refractivity contribution in [3.8, 4) is 0 Å². The van der Waals surface area contributed by atoms with Gasteiger partial charge in [0.2, 0.25) is 0 Å². The summed E-state index contributed by atoms with van der Waals surface area (Å²) in [5.41, 5.74) is 3.57. The van der Waals surface area contributed by atoms with Crippen LogP contribution in [0.25, 0.3) is 11.0 Å². The van der Waals surface area contributed by atoms with Crippen molar-refractivity contribution in [2.75, 3.05) is 0 Å². The van der Waals surface area contributed by atoms with Crippen molar-refractivity contribution in [3.63, 3.8) is 0 Å². The van der Waals surface area contributed by atoms with Gasteiger partial charge in [-0.2, -0.15) is 0 Å². The first-order valence-corrected chi connectivity index (χ1v) is 9.11. The van der Waals surface area contributed by atoms with Gasteiger partial charge in [0.25, 0.3) is 5.91 Å². The maximum Gasteiger partial charge on any atom is 0.251 e. The Kier molecular flexibility index (Phi) is 4.45. The highest BCUT2D eigenvalue weighted by molar-refractivity contribution is 6.31. The molecule has 0 bridgehead atoms. The van der Waals surface area contributed by atoms with Gasteiger partial charge in [0.15, 0.2) is 0 Å². The quantitative estimate of drug-likeness (QED) is 0.761. The van der Waals surface area contributed by atoms with Gasteiger partial charge in [-0.1, -0.05) is 36.2 Å². The number of hydrogen-bond donors (Lipinski definition) is 1. The van der Waals surface area contributed by atoms with E-state index in [0.29, 0.717) is 17.1 Å². The molecule has 4 nitrogen and oxygen atoms in total. The number of aromatic nitrogens is 2. The molecule has 1 aromatic heterocycles. The highest BCUT2D eigenvalue weighted by atomic mass is 35.5. The lowest BCUT2D eigenvalue weighted by Crippen LogP contribution is -2.22. The normalized spacial score (nSPS) is 14.1. The lowest BCUT2D eigenvalue weighted by Gasteiger charge is -2.07. The Bertz CT molecular complexity index is 932. The summed E-state index contributed by atoms with van der Waals surface area (Å²) in [6.45, 7) is 1.43. The fourth-order valence-corrected chi connectivity index (χ4v) is 3.61. The fraction of sp³-hybridized carbons (Fsp3) is 0.300. The average molecular weight is 354 g/mol. The molecule has 4 rings (SSSR count). The van der Waals surface area contributed by atoms with Crippen molar-refractivity contribution in [2.45, 2.75) is 38.8 Å². The van der Waals surface area contributed by atoms with Crippen molar-refractivity contribution in [1.82, 2.24) is 14.9 Å². The topological polar surface area (TPSA) is 46.9 Å². The molecule has 2 aromatic carbocycles. The Morgan fingerprint density at radius 2 is 2.04 bits per heavy atom. The molecule has 1 aliphatic rings. The van der Waals surface area contributed by atoms with E-state index in [4.69, 9.17) is 16.6 Å². The van der Waals surface area contributed by atoms with Gasteiger partial charge in [0.1, 0.15) is 5.82 Å². The average Bonchev–Trinajstić information content (AvgIpc) is 2.81. The summed E-state index contributed by atoms with van der Waals surface area (Å²) in [5.74, 6) is 1.03. The number of halogens is 1. The molecule has 5 heteroatoms. The number of nitrogens with zero attached hydrogens (tertiary/aromatic N) is 2. The van der Waals surface area contributed by atoms with Crippen molar-refractivity contribution < 1.29 is 4.79 Å². The Morgan fingerprint density at radius 1 is 1.16 bits per heavy atom. The molecule has 0 atom stereocenters. The standard InChI is InChI=1S/C20H20ClN3O/c21-16-7-4-3-6-15(16)13-22-20(25)14-9-10-18-17(12-14)23-19-8-2-1-5-11-24(18)19/h3-4,6-7,9-10,12H,1-2,5,8,11,13H2,(H,22,25). The van der Waals surface area contributed by atoms with Gasteiger partial charge in [-0.15, -0.1) is 0 Å². The van der Waals surface area contributed by atoms with Crippen LogP contribution in [0.15, 0.2) is 42.5 Å². The number of hydrogen-bond acceptors (Lipinski definition) is 2. The van der Waals surface area contributed by atoms with E-state index in [9.17, 15) is 4.79 Å². The maximum atomic E-state index is 12.5. The molecular formula is C20H20ClN3O. The number of benzene rings is 2. The van der Waals surface area contributed by atoms with Crippen LogP contribution in [-0.2, 0) is 19.5 Å². The summed E-state index contributed by atoms with van der Waals surface area (Å²) in [4.78, 5) is 17.2. The van der Waals surface area contributed by atoms with Crippen LogP contribution in [0, 0.1) is 0 Å². The summed E-state index contributed by atoms with van der Waals surface area (Å²) < 4.78 is 2.30. The second kappa shape index (κ2) is 6.89. The molecule has 1 amide bonds. The maximum absolute atomic E-state index is 12.5. The molecule has 1 aliphatic heterocycles. The van der Waals surface area contributed by atoms with Crippen LogP contribution in [0.5, 0.6) is 0 Å². The van der Waals surface area contributed by atoms with Crippen LogP contribution in [0.4, 0.5) is 0 Å². The van der Waals surface area contributed by atoms with Crippen LogP contribution >= 0.6 is 11.6 Å². The van der Waals surface area contributed by atoms with Gasteiger partial charge in [-0.25, -0.2) is 4.98 Å². The fourth-order valence-electron chi connectivity index (χ4n) is 3.41. The van der Waals surface area contributed by atoms with Crippen molar-refractivity contribution in [3.05, 3.63) is 64.4 Å². The molecule has 0 saturated heterocycles. The van der Waals surface area contributed by atoms with Crippen LogP contribution in [0.1, 0.15) is 41.0 Å². The Morgan fingerprint density at radius 3 is 2.92 bits per heavy atom. The molecule has 1 N–H and O–H groups in total. The van der Waals surface area contributed by atoms with Gasteiger partial charge in [-0.3, -0.25) is 4.79 Å². The van der Waals surface area contributed by atoms with Crippen LogP contribution in [-0.4, -0.2) is 15.5 Å². The highest BCUT2D eigenvalue weighted by Gasteiger charge is 2.15. The van der Waals surface area contributed by atoms with Crippen LogP contribution in [0.3, 0.4) is 0 Å². The number of amides is 1. The molecule has 0 fully saturated rings. The monoisotopic (exact) mass is 353 g/mol. The van der Waals surface area contributed by atoms with E-state index in [2.05, 4.69) is 9.88 Å². The summed E-state index contributed by atoms with van der Waals surface area (Å²) in [6, 6.07) is 13.3. The number of fused-ring (bicyclic) bond motifs is 3. The van der Waals surface area contributed by atoms with E-state index in [-0.39, 0.29) is 5.91 Å². The Labute approximate surface area is 151 Å². The molecule has 0 spiro atoms. The second-order valence-corrected chi connectivity index (χ2v) is 6.88. The Hall–Kier alpha value is -2.33. The molecule has 128 valence electrons. The van der Waals surface area contributed by atoms with E-state index >= 15 is 0 Å². The van der Waals surface area contributed by atoms with Crippen LogP contribution < -0.4 is 5.32 Å². The van der Waals surface area contributed by atoms with E-state index in [0.717, 1.165) is 35.4 Å². The Balaban J connectivity index is 1.55. The zero-order valence-electron chi connectivity index (χ0n) is 14.0. The summed E-state index contributed by atoms with van der Waals surface area (Å²) in [6.07, 6.45) is 4.66. The number of carbonyl (C=O) groups is 1. The second-order valence-electron chi connectivity index (χ2n) is 6.47. The zero-order valence-corrected chi connectivity index (χ0v) is 14.7. The third kappa shape index (κ3) is 3.27. The molecule has 0 aliphatic carbocycles. The van der Waals surface area contributed by atoms with Crippen molar-refractivity contribution >= 4 is 28.5 Å². The van der Waals surface area contributed by atoms with Crippen molar-refractivity contribution in [1.29, 1.82) is 0 Å². The van der Waals surface area contributed by atoms with E-state index in [1.54, 1.807) is 0 Å². The largest absolute Gasteiger partial charge is 0.348 e. The van der Waals surface area contributed by atoms with Gasteiger partial charge < -0.3 is 9.88 Å². The summed E-state index contributed by atoms with van der Waals surface area (Å²) in [7, 11) is 0. The minimum Gasteiger partial charge on any atom is -0.348 e. The van der Waals surface area contributed by atoms with Gasteiger partial charge in [0.05, 0.1) is 11.0 Å². The predicted molar refractivity (Wildman–Crippen MR) is 99.9 cm³/mol. The van der Waals surface area contributed by atoms with Gasteiger partial charge in [0, 0.05) is 30.1 Å². The molecule has 3 aromatic rings. The van der Waals surface area contributed by atoms with E-state index in [1.165, 1.54) is 19.3 Å². The smallest absolute Gasteiger partial charge is 0.251 e. The molecule has 0 saturated carbocycles. The lowest BCUT2D eigenvalue weighted by molar-refractivity contribution is 0.0951. The molecule has 25 heavy (non-hydrogen) atoms. The molecule has 2 heterocycles. The SMILES string of the molecule is O=C(NCc1ccccc1Cl)c1ccc2c(c1)nc1n2CCCCC1. The van der Waals surface area contributed by atoms with Crippen molar-refractivity contribution in [2.24, 2.45) is 0 Å². The number of carbonyl (C=O) groups excluding carboxylic acids is 1.